The molecule has 0 saturated heterocycles. The zero-order valence-electron chi connectivity index (χ0n) is 10.5. The Kier molecular flexibility index (Phi) is 5.83. The van der Waals surface area contributed by atoms with Gasteiger partial charge in [0.2, 0.25) is 0 Å². The Labute approximate surface area is 120 Å². The molecule has 1 aliphatic heterocycles. The van der Waals surface area contributed by atoms with Crippen molar-refractivity contribution in [3.8, 4) is 5.75 Å². The lowest BCUT2D eigenvalue weighted by molar-refractivity contribution is -0.153. The fraction of sp³-hybridized carbons (Fsp3) is 0.385. The molecular formula is C13H14ClF4NO. The maximum Gasteiger partial charge on any atom is 0.422 e. The van der Waals surface area contributed by atoms with Gasteiger partial charge in [-0.15, -0.1) is 12.4 Å². The highest BCUT2D eigenvalue weighted by Gasteiger charge is 2.28. The van der Waals surface area contributed by atoms with Gasteiger partial charge in [-0.1, -0.05) is 6.08 Å². The van der Waals surface area contributed by atoms with Crippen molar-refractivity contribution >= 4 is 18.0 Å². The van der Waals surface area contributed by atoms with E-state index in [1.807, 2.05) is 6.08 Å². The third-order valence-electron chi connectivity index (χ3n) is 2.75. The second-order valence-electron chi connectivity index (χ2n) is 4.23. The largest absolute Gasteiger partial charge is 0.484 e. The first-order valence-electron chi connectivity index (χ1n) is 5.85. The second kappa shape index (κ2) is 6.95. The van der Waals surface area contributed by atoms with Crippen molar-refractivity contribution in [1.82, 2.24) is 5.32 Å². The SMILES string of the molecule is Cl.Fc1cc(OCC(F)(F)F)ccc1C1=CCNCC1. The summed E-state index contributed by atoms with van der Waals surface area (Å²) in [6.45, 7) is 0.0110. The summed E-state index contributed by atoms with van der Waals surface area (Å²) in [4.78, 5) is 0. The lowest BCUT2D eigenvalue weighted by atomic mass is 10.00. The van der Waals surface area contributed by atoms with Gasteiger partial charge in [0.1, 0.15) is 11.6 Å². The van der Waals surface area contributed by atoms with Gasteiger partial charge in [-0.2, -0.15) is 13.2 Å². The molecule has 0 amide bonds. The Hall–Kier alpha value is -1.27. The molecule has 0 radical (unpaired) electrons. The van der Waals surface area contributed by atoms with Crippen LogP contribution in [0.25, 0.3) is 5.57 Å². The Bertz CT molecular complexity index is 488. The summed E-state index contributed by atoms with van der Waals surface area (Å²) < 4.78 is 54.3. The first-order chi connectivity index (χ1) is 8.96. The number of benzene rings is 1. The topological polar surface area (TPSA) is 21.3 Å². The maximum atomic E-state index is 13.8. The van der Waals surface area contributed by atoms with Gasteiger partial charge in [0, 0.05) is 18.2 Å². The van der Waals surface area contributed by atoms with E-state index < -0.39 is 18.6 Å². The highest BCUT2D eigenvalue weighted by Crippen LogP contribution is 2.26. The smallest absolute Gasteiger partial charge is 0.422 e. The monoisotopic (exact) mass is 311 g/mol. The number of hydrogen-bond donors (Lipinski definition) is 1. The minimum atomic E-state index is -4.42. The molecular weight excluding hydrogens is 298 g/mol. The van der Waals surface area contributed by atoms with Gasteiger partial charge in [0.05, 0.1) is 0 Å². The van der Waals surface area contributed by atoms with E-state index in [9.17, 15) is 17.6 Å². The minimum absolute atomic E-state index is 0. The van der Waals surface area contributed by atoms with E-state index in [4.69, 9.17) is 0 Å². The van der Waals surface area contributed by atoms with Crippen LogP contribution < -0.4 is 10.1 Å². The van der Waals surface area contributed by atoms with Crippen LogP contribution in [0, 0.1) is 5.82 Å². The zero-order chi connectivity index (χ0) is 13.9. The summed E-state index contributed by atoms with van der Waals surface area (Å²) in [5.41, 5.74) is 1.28. The molecule has 1 aliphatic rings. The Balaban J connectivity index is 0.00000200. The molecule has 0 saturated carbocycles. The van der Waals surface area contributed by atoms with Gasteiger partial charge < -0.3 is 10.1 Å². The summed E-state index contributed by atoms with van der Waals surface area (Å²) in [5.74, 6) is -0.680. The number of ether oxygens (including phenoxy) is 1. The summed E-state index contributed by atoms with van der Waals surface area (Å²) in [6, 6.07) is 3.80. The fourth-order valence-electron chi connectivity index (χ4n) is 1.88. The van der Waals surface area contributed by atoms with Crippen molar-refractivity contribution < 1.29 is 22.3 Å². The number of nitrogens with one attached hydrogen (secondary N) is 1. The van der Waals surface area contributed by atoms with Crippen LogP contribution in [0.3, 0.4) is 0 Å². The van der Waals surface area contributed by atoms with Crippen LogP contribution in [0.5, 0.6) is 5.75 Å². The molecule has 0 spiro atoms. The van der Waals surface area contributed by atoms with Crippen LogP contribution in [-0.2, 0) is 0 Å². The lowest BCUT2D eigenvalue weighted by Gasteiger charge is -2.15. The van der Waals surface area contributed by atoms with Crippen molar-refractivity contribution in [3.05, 3.63) is 35.7 Å². The molecule has 1 aromatic carbocycles. The van der Waals surface area contributed by atoms with Crippen LogP contribution in [0.2, 0.25) is 0 Å². The minimum Gasteiger partial charge on any atom is -0.484 e. The van der Waals surface area contributed by atoms with Gasteiger partial charge in [-0.05, 0) is 30.7 Å². The van der Waals surface area contributed by atoms with Crippen LogP contribution in [0.4, 0.5) is 17.6 Å². The summed E-state index contributed by atoms with van der Waals surface area (Å²) in [6.07, 6.45) is -1.86. The molecule has 1 N–H and O–H groups in total. The van der Waals surface area contributed by atoms with Crippen molar-refractivity contribution in [2.45, 2.75) is 12.6 Å². The second-order valence-corrected chi connectivity index (χ2v) is 4.23. The predicted molar refractivity (Wildman–Crippen MR) is 70.7 cm³/mol. The molecule has 2 nitrogen and oxygen atoms in total. The molecule has 0 aliphatic carbocycles. The van der Waals surface area contributed by atoms with E-state index in [1.165, 1.54) is 12.1 Å². The van der Waals surface area contributed by atoms with Gasteiger partial charge in [0.25, 0.3) is 0 Å². The van der Waals surface area contributed by atoms with E-state index in [0.717, 1.165) is 18.2 Å². The van der Waals surface area contributed by atoms with Crippen molar-refractivity contribution in [2.75, 3.05) is 19.7 Å². The number of rotatable bonds is 3. The summed E-state index contributed by atoms with van der Waals surface area (Å²) >= 11 is 0. The molecule has 0 bridgehead atoms. The highest BCUT2D eigenvalue weighted by atomic mass is 35.5. The van der Waals surface area contributed by atoms with Crippen LogP contribution in [-0.4, -0.2) is 25.9 Å². The van der Waals surface area contributed by atoms with Crippen LogP contribution >= 0.6 is 12.4 Å². The van der Waals surface area contributed by atoms with E-state index in [1.54, 1.807) is 0 Å². The Morgan fingerprint density at radius 2 is 2.00 bits per heavy atom. The molecule has 0 fully saturated rings. The van der Waals surface area contributed by atoms with Gasteiger partial charge in [-0.3, -0.25) is 0 Å². The van der Waals surface area contributed by atoms with Crippen LogP contribution in [0.15, 0.2) is 24.3 Å². The Morgan fingerprint density at radius 3 is 2.55 bits per heavy atom. The first-order valence-corrected chi connectivity index (χ1v) is 5.85. The molecule has 112 valence electrons. The molecule has 2 rings (SSSR count). The molecule has 7 heteroatoms. The average molecular weight is 312 g/mol. The summed E-state index contributed by atoms with van der Waals surface area (Å²) in [7, 11) is 0. The van der Waals surface area contributed by atoms with Gasteiger partial charge in [-0.25, -0.2) is 4.39 Å². The zero-order valence-corrected chi connectivity index (χ0v) is 11.3. The lowest BCUT2D eigenvalue weighted by Crippen LogP contribution is -2.20. The van der Waals surface area contributed by atoms with E-state index in [-0.39, 0.29) is 18.2 Å². The number of hydrogen-bond acceptors (Lipinski definition) is 2. The van der Waals surface area contributed by atoms with Crippen molar-refractivity contribution in [2.24, 2.45) is 0 Å². The third-order valence-corrected chi connectivity index (χ3v) is 2.75. The van der Waals surface area contributed by atoms with Gasteiger partial charge in [0.15, 0.2) is 6.61 Å². The maximum absolute atomic E-state index is 13.8. The molecule has 0 aromatic heterocycles. The van der Waals surface area contributed by atoms with E-state index >= 15 is 0 Å². The van der Waals surface area contributed by atoms with Crippen molar-refractivity contribution in [1.29, 1.82) is 0 Å². The molecule has 1 aromatic rings. The molecule has 0 atom stereocenters. The summed E-state index contributed by atoms with van der Waals surface area (Å²) in [5, 5.41) is 3.10. The Morgan fingerprint density at radius 1 is 1.25 bits per heavy atom. The highest BCUT2D eigenvalue weighted by molar-refractivity contribution is 5.85. The van der Waals surface area contributed by atoms with E-state index in [2.05, 4.69) is 10.1 Å². The normalized spacial score (nSPS) is 15.3. The molecule has 20 heavy (non-hydrogen) atoms. The number of halogens is 5. The fourth-order valence-corrected chi connectivity index (χ4v) is 1.88. The van der Waals surface area contributed by atoms with Crippen LogP contribution in [0.1, 0.15) is 12.0 Å². The molecule has 0 unspecified atom stereocenters. The molecule has 1 heterocycles. The average Bonchev–Trinajstić information content (AvgIpc) is 2.37. The van der Waals surface area contributed by atoms with Crippen molar-refractivity contribution in [3.63, 3.8) is 0 Å². The standard InChI is InChI=1S/C13H13F4NO.ClH/c14-12-7-10(19-8-13(15,16)17)1-2-11(12)9-3-5-18-6-4-9;/h1-3,7,18H,4-6,8H2;1H. The quantitative estimate of drug-likeness (QED) is 0.862. The number of alkyl halides is 3. The first kappa shape index (κ1) is 16.8. The third kappa shape index (κ3) is 4.68. The van der Waals surface area contributed by atoms with Gasteiger partial charge >= 0.3 is 6.18 Å². The predicted octanol–water partition coefficient (Wildman–Crippen LogP) is 3.57. The van der Waals surface area contributed by atoms with E-state index in [0.29, 0.717) is 18.5 Å².